The molecule has 0 spiro atoms. The minimum Gasteiger partial charge on any atom is -0.394 e. The number of hydrogen-bond acceptors (Lipinski definition) is 4. The van der Waals surface area contributed by atoms with Gasteiger partial charge in [-0.2, -0.15) is 0 Å². The lowest BCUT2D eigenvalue weighted by Gasteiger charge is -2.30. The number of rotatable bonds is 3. The molecule has 13 heavy (non-hydrogen) atoms. The summed E-state index contributed by atoms with van der Waals surface area (Å²) in [6.07, 6.45) is 0.563. The van der Waals surface area contributed by atoms with E-state index in [9.17, 15) is 9.59 Å². The van der Waals surface area contributed by atoms with Crippen LogP contribution in [0.5, 0.6) is 0 Å². The van der Waals surface area contributed by atoms with Crippen molar-refractivity contribution >= 4 is 11.8 Å². The number of morpholine rings is 1. The number of carbonyl (C=O) groups is 2. The van der Waals surface area contributed by atoms with E-state index in [0.29, 0.717) is 6.42 Å². The van der Waals surface area contributed by atoms with Crippen LogP contribution in [0.3, 0.4) is 0 Å². The molecule has 0 aromatic rings. The van der Waals surface area contributed by atoms with Gasteiger partial charge in [-0.3, -0.25) is 14.5 Å². The van der Waals surface area contributed by atoms with Crippen LogP contribution < -0.4 is 0 Å². The van der Waals surface area contributed by atoms with Gasteiger partial charge in [-0.05, 0) is 6.42 Å². The smallest absolute Gasteiger partial charge is 0.255 e. The summed E-state index contributed by atoms with van der Waals surface area (Å²) in [6.45, 7) is 1.50. The van der Waals surface area contributed by atoms with Gasteiger partial charge in [0.05, 0.1) is 12.6 Å². The first-order valence-electron chi connectivity index (χ1n) is 4.24. The zero-order valence-electron chi connectivity index (χ0n) is 7.52. The minimum absolute atomic E-state index is 0.0672. The molecule has 1 aliphatic heterocycles. The summed E-state index contributed by atoms with van der Waals surface area (Å²) >= 11 is 0. The van der Waals surface area contributed by atoms with E-state index in [4.69, 9.17) is 9.84 Å². The first-order chi connectivity index (χ1) is 6.20. The highest BCUT2D eigenvalue weighted by molar-refractivity contribution is 5.98. The van der Waals surface area contributed by atoms with Gasteiger partial charge < -0.3 is 9.84 Å². The Morgan fingerprint density at radius 3 is 2.38 bits per heavy atom. The second-order valence-corrected chi connectivity index (χ2v) is 2.89. The predicted octanol–water partition coefficient (Wildman–Crippen LogP) is -0.857. The third kappa shape index (κ3) is 2.05. The van der Waals surface area contributed by atoms with E-state index >= 15 is 0 Å². The molecule has 74 valence electrons. The van der Waals surface area contributed by atoms with E-state index in [0.717, 1.165) is 4.90 Å². The van der Waals surface area contributed by atoms with Gasteiger partial charge >= 0.3 is 0 Å². The van der Waals surface area contributed by atoms with Crippen molar-refractivity contribution in [2.75, 3.05) is 19.8 Å². The SMILES string of the molecule is CCC(CO)N1C(=O)COCC1=O. The molecule has 0 saturated carbocycles. The van der Waals surface area contributed by atoms with Crippen LogP contribution in [0, 0.1) is 0 Å². The average molecular weight is 187 g/mol. The maximum absolute atomic E-state index is 11.2. The van der Waals surface area contributed by atoms with E-state index in [2.05, 4.69) is 0 Å². The fourth-order valence-electron chi connectivity index (χ4n) is 1.30. The molecular formula is C8H13NO4. The normalized spacial score (nSPS) is 20.6. The fourth-order valence-corrected chi connectivity index (χ4v) is 1.30. The molecule has 0 aliphatic carbocycles. The van der Waals surface area contributed by atoms with E-state index in [-0.39, 0.29) is 31.6 Å². The summed E-state index contributed by atoms with van der Waals surface area (Å²) in [4.78, 5) is 23.6. The van der Waals surface area contributed by atoms with Crippen molar-refractivity contribution in [3.05, 3.63) is 0 Å². The predicted molar refractivity (Wildman–Crippen MR) is 43.8 cm³/mol. The Kier molecular flexibility index (Phi) is 3.39. The van der Waals surface area contributed by atoms with Crippen molar-refractivity contribution in [3.8, 4) is 0 Å². The van der Waals surface area contributed by atoms with Crippen LogP contribution in [0.2, 0.25) is 0 Å². The highest BCUT2D eigenvalue weighted by Gasteiger charge is 2.31. The van der Waals surface area contributed by atoms with Gasteiger partial charge in [-0.15, -0.1) is 0 Å². The van der Waals surface area contributed by atoms with E-state index < -0.39 is 6.04 Å². The Labute approximate surface area is 76.3 Å². The monoisotopic (exact) mass is 187 g/mol. The van der Waals surface area contributed by atoms with Crippen LogP contribution in [0.25, 0.3) is 0 Å². The Morgan fingerprint density at radius 1 is 1.46 bits per heavy atom. The number of carbonyl (C=O) groups excluding carboxylic acids is 2. The Balaban J connectivity index is 2.72. The third-order valence-corrected chi connectivity index (χ3v) is 2.04. The first-order valence-corrected chi connectivity index (χ1v) is 4.24. The molecule has 0 radical (unpaired) electrons. The first kappa shape index (κ1) is 10.1. The van der Waals surface area contributed by atoms with Crippen LogP contribution in [0.1, 0.15) is 13.3 Å². The summed E-state index contributed by atoms with van der Waals surface area (Å²) in [5, 5.41) is 8.93. The van der Waals surface area contributed by atoms with Gasteiger partial charge in [0, 0.05) is 0 Å². The summed E-state index contributed by atoms with van der Waals surface area (Å²) in [7, 11) is 0. The molecule has 0 aromatic carbocycles. The van der Waals surface area contributed by atoms with Crippen LogP contribution in [0.4, 0.5) is 0 Å². The molecule has 0 aromatic heterocycles. The fraction of sp³-hybridized carbons (Fsp3) is 0.750. The molecule has 5 heteroatoms. The largest absolute Gasteiger partial charge is 0.394 e. The standard InChI is InChI=1S/C8H13NO4/c1-2-6(3-10)9-7(11)4-13-5-8(9)12/h6,10H,2-5H2,1H3. The van der Waals surface area contributed by atoms with Gasteiger partial charge in [0.25, 0.3) is 11.8 Å². The third-order valence-electron chi connectivity index (χ3n) is 2.04. The lowest BCUT2D eigenvalue weighted by atomic mass is 10.2. The van der Waals surface area contributed by atoms with Crippen molar-refractivity contribution in [2.45, 2.75) is 19.4 Å². The number of imide groups is 1. The zero-order valence-corrected chi connectivity index (χ0v) is 7.52. The number of aliphatic hydroxyl groups is 1. The molecule has 1 atom stereocenters. The Morgan fingerprint density at radius 2 is 2.00 bits per heavy atom. The van der Waals surface area contributed by atoms with Crippen LogP contribution in [-0.4, -0.2) is 47.7 Å². The summed E-state index contributed by atoms with van der Waals surface area (Å²) in [5.74, 6) is -0.727. The summed E-state index contributed by atoms with van der Waals surface area (Å²) in [5.41, 5.74) is 0. The molecule has 1 unspecified atom stereocenters. The zero-order chi connectivity index (χ0) is 9.84. The molecular weight excluding hydrogens is 174 g/mol. The second-order valence-electron chi connectivity index (χ2n) is 2.89. The topological polar surface area (TPSA) is 66.8 Å². The molecule has 1 heterocycles. The van der Waals surface area contributed by atoms with Crippen molar-refractivity contribution in [3.63, 3.8) is 0 Å². The van der Waals surface area contributed by atoms with Crippen molar-refractivity contribution in [1.29, 1.82) is 0 Å². The van der Waals surface area contributed by atoms with Gasteiger partial charge in [-0.25, -0.2) is 0 Å². The number of nitrogens with zero attached hydrogens (tertiary/aromatic N) is 1. The number of aliphatic hydroxyl groups excluding tert-OH is 1. The lowest BCUT2D eigenvalue weighted by Crippen LogP contribution is -2.52. The summed E-state index contributed by atoms with van der Waals surface area (Å²) < 4.78 is 4.74. The van der Waals surface area contributed by atoms with Crippen molar-refractivity contribution < 1.29 is 19.4 Å². The minimum atomic E-state index is -0.399. The second kappa shape index (κ2) is 4.34. The lowest BCUT2D eigenvalue weighted by molar-refractivity contribution is -0.162. The molecule has 1 N–H and O–H groups in total. The highest BCUT2D eigenvalue weighted by atomic mass is 16.5. The average Bonchev–Trinajstić information content (AvgIpc) is 2.11. The molecule has 1 aliphatic rings. The molecule has 2 amide bonds. The van der Waals surface area contributed by atoms with Crippen molar-refractivity contribution in [1.82, 2.24) is 4.90 Å². The summed E-state index contributed by atoms with van der Waals surface area (Å²) in [6, 6.07) is -0.399. The van der Waals surface area contributed by atoms with E-state index in [1.165, 1.54) is 0 Å². The van der Waals surface area contributed by atoms with Gasteiger partial charge in [0.1, 0.15) is 13.2 Å². The highest BCUT2D eigenvalue weighted by Crippen LogP contribution is 2.09. The van der Waals surface area contributed by atoms with Gasteiger partial charge in [0.15, 0.2) is 0 Å². The molecule has 1 fully saturated rings. The van der Waals surface area contributed by atoms with Crippen LogP contribution in [-0.2, 0) is 14.3 Å². The molecule has 1 rings (SSSR count). The van der Waals surface area contributed by atoms with E-state index in [1.807, 2.05) is 6.92 Å². The number of hydrogen-bond donors (Lipinski definition) is 1. The quantitative estimate of drug-likeness (QED) is 0.584. The van der Waals surface area contributed by atoms with Crippen LogP contribution in [0.15, 0.2) is 0 Å². The number of ether oxygens (including phenoxy) is 1. The maximum atomic E-state index is 11.2. The maximum Gasteiger partial charge on any atom is 0.255 e. The molecule has 0 bridgehead atoms. The Hall–Kier alpha value is -0.940. The van der Waals surface area contributed by atoms with Gasteiger partial charge in [0.2, 0.25) is 0 Å². The van der Waals surface area contributed by atoms with E-state index in [1.54, 1.807) is 0 Å². The van der Waals surface area contributed by atoms with Gasteiger partial charge in [-0.1, -0.05) is 6.92 Å². The van der Waals surface area contributed by atoms with Crippen LogP contribution >= 0.6 is 0 Å². The van der Waals surface area contributed by atoms with Crippen molar-refractivity contribution in [2.24, 2.45) is 0 Å². The molecule has 1 saturated heterocycles. The Bertz CT molecular complexity index is 196. The number of amides is 2. The molecule has 5 nitrogen and oxygen atoms in total.